The maximum Gasteiger partial charge on any atom is 0.266 e. The lowest BCUT2D eigenvalue weighted by molar-refractivity contribution is -0.255. The zero-order chi connectivity index (χ0) is 27.1. The van der Waals surface area contributed by atoms with Crippen molar-refractivity contribution in [3.05, 3.63) is 137 Å². The van der Waals surface area contributed by atoms with E-state index in [9.17, 15) is 24.3 Å². The van der Waals surface area contributed by atoms with Gasteiger partial charge in [-0.15, -0.1) is 0 Å². The number of ether oxygens (including phenoxy) is 1. The number of imide groups is 1. The summed E-state index contributed by atoms with van der Waals surface area (Å²) in [5, 5.41) is 12.8. The highest BCUT2D eigenvalue weighted by Gasteiger charge is 2.37. The molecule has 7 nitrogen and oxygen atoms in total. The van der Waals surface area contributed by atoms with Crippen molar-refractivity contribution < 1.29 is 29.0 Å². The third-order valence-electron chi connectivity index (χ3n) is 6.58. The Kier molecular flexibility index (Phi) is 5.73. The van der Waals surface area contributed by atoms with Crippen molar-refractivity contribution in [1.29, 1.82) is 0 Å². The van der Waals surface area contributed by atoms with E-state index in [4.69, 9.17) is 4.74 Å². The summed E-state index contributed by atoms with van der Waals surface area (Å²) < 4.78 is 5.71. The Balaban J connectivity index is 1.22. The van der Waals surface area contributed by atoms with E-state index in [1.807, 2.05) is 30.3 Å². The summed E-state index contributed by atoms with van der Waals surface area (Å²) >= 11 is 0. The largest absolute Gasteiger partial charge is 0.545 e. The van der Waals surface area contributed by atoms with Crippen LogP contribution in [0.3, 0.4) is 0 Å². The average molecular weight is 512 g/mol. The van der Waals surface area contributed by atoms with Crippen molar-refractivity contribution in [2.24, 2.45) is 0 Å². The van der Waals surface area contributed by atoms with Gasteiger partial charge in [-0.05, 0) is 89.1 Å². The van der Waals surface area contributed by atoms with E-state index in [0.717, 1.165) is 15.7 Å². The zero-order valence-corrected chi connectivity index (χ0v) is 20.3. The van der Waals surface area contributed by atoms with E-state index >= 15 is 0 Å². The number of carbonyl (C=O) groups excluding carboxylic acids is 4. The molecule has 0 radical (unpaired) electrons. The van der Waals surface area contributed by atoms with Crippen LogP contribution in [0.1, 0.15) is 47.0 Å². The molecule has 0 unspecified atom stereocenters. The number of carbonyl (C=O) groups is 4. The molecule has 7 heteroatoms. The molecule has 1 aliphatic heterocycles. The molecule has 5 aromatic carbocycles. The average Bonchev–Trinajstić information content (AvgIpc) is 3.22. The number of carboxylic acids is 1. The number of anilines is 1. The van der Waals surface area contributed by atoms with Crippen molar-refractivity contribution in [1.82, 2.24) is 0 Å². The SMILES string of the molecule is O=C([O-])c1ccc(Oc2ccc(C(=O)c3ccc4c(c3)C(=O)N(c3ccc5ccccc5c3)C4=O)cc2)cc1. The molecule has 0 aliphatic carbocycles. The molecule has 6 rings (SSSR count). The van der Waals surface area contributed by atoms with Crippen LogP contribution in [0.4, 0.5) is 5.69 Å². The van der Waals surface area contributed by atoms with Gasteiger partial charge in [0.15, 0.2) is 5.78 Å². The van der Waals surface area contributed by atoms with Gasteiger partial charge in [-0.1, -0.05) is 36.4 Å². The van der Waals surface area contributed by atoms with Crippen LogP contribution in [0, 0.1) is 0 Å². The summed E-state index contributed by atoms with van der Waals surface area (Å²) in [4.78, 5) is 51.6. The van der Waals surface area contributed by atoms with Gasteiger partial charge >= 0.3 is 0 Å². The highest BCUT2D eigenvalue weighted by atomic mass is 16.5. The highest BCUT2D eigenvalue weighted by molar-refractivity contribution is 6.35. The van der Waals surface area contributed by atoms with E-state index in [0.29, 0.717) is 22.7 Å². The molecule has 2 amide bonds. The van der Waals surface area contributed by atoms with Crippen LogP contribution in [0.15, 0.2) is 109 Å². The van der Waals surface area contributed by atoms with Gasteiger partial charge in [-0.25, -0.2) is 4.90 Å². The van der Waals surface area contributed by atoms with Crippen LogP contribution >= 0.6 is 0 Å². The number of aromatic carboxylic acids is 1. The second-order valence-corrected chi connectivity index (χ2v) is 9.00. The smallest absolute Gasteiger partial charge is 0.266 e. The second-order valence-electron chi connectivity index (χ2n) is 9.00. The second kappa shape index (κ2) is 9.39. The minimum atomic E-state index is -1.27. The number of carboxylic acid groups (broad SMARTS) is 1. The molecule has 0 fully saturated rings. The minimum absolute atomic E-state index is 0.0400. The lowest BCUT2D eigenvalue weighted by Crippen LogP contribution is -2.29. The highest BCUT2D eigenvalue weighted by Crippen LogP contribution is 2.32. The summed E-state index contributed by atoms with van der Waals surface area (Å²) in [5.74, 6) is -1.62. The summed E-state index contributed by atoms with van der Waals surface area (Å²) in [5.41, 5.74) is 1.59. The van der Waals surface area contributed by atoms with E-state index in [2.05, 4.69) is 0 Å². The fourth-order valence-electron chi connectivity index (χ4n) is 4.57. The van der Waals surface area contributed by atoms with E-state index in [1.165, 1.54) is 36.4 Å². The Bertz CT molecular complexity index is 1810. The number of hydrogen-bond donors (Lipinski definition) is 0. The first-order valence-electron chi connectivity index (χ1n) is 12.0. The van der Waals surface area contributed by atoms with E-state index < -0.39 is 17.8 Å². The summed E-state index contributed by atoms with van der Waals surface area (Å²) in [6.45, 7) is 0. The van der Waals surface area contributed by atoms with Gasteiger partial charge in [0.2, 0.25) is 0 Å². The van der Waals surface area contributed by atoms with Crippen molar-refractivity contribution in [3.8, 4) is 11.5 Å². The van der Waals surface area contributed by atoms with Crippen LogP contribution < -0.4 is 14.7 Å². The van der Waals surface area contributed by atoms with Crippen molar-refractivity contribution in [2.45, 2.75) is 0 Å². The molecular weight excluding hydrogens is 494 g/mol. The molecule has 188 valence electrons. The zero-order valence-electron chi connectivity index (χ0n) is 20.3. The topological polar surface area (TPSA) is 104 Å². The van der Waals surface area contributed by atoms with Crippen molar-refractivity contribution in [2.75, 3.05) is 4.90 Å². The van der Waals surface area contributed by atoms with Gasteiger partial charge in [-0.3, -0.25) is 14.4 Å². The molecule has 0 aromatic heterocycles. The van der Waals surface area contributed by atoms with E-state index in [-0.39, 0.29) is 28.0 Å². The molecule has 0 atom stereocenters. The van der Waals surface area contributed by atoms with Crippen LogP contribution in [0.25, 0.3) is 10.8 Å². The summed E-state index contributed by atoms with van der Waals surface area (Å²) in [7, 11) is 0. The van der Waals surface area contributed by atoms with Crippen LogP contribution in [-0.4, -0.2) is 23.6 Å². The standard InChI is InChI=1S/C32H19NO6/c34-29(20-6-12-25(13-7-20)39-26-14-8-21(9-15-26)32(37)38)23-10-16-27-28(18-23)31(36)33(30(27)35)24-11-5-19-3-1-2-4-22(19)17-24/h1-18H,(H,37,38)/p-1. The normalized spacial score (nSPS) is 12.5. The predicted molar refractivity (Wildman–Crippen MR) is 142 cm³/mol. The number of rotatable bonds is 6. The molecule has 1 heterocycles. The molecule has 0 N–H and O–H groups in total. The van der Waals surface area contributed by atoms with Gasteiger partial charge in [0.05, 0.1) is 22.8 Å². The maximum absolute atomic E-state index is 13.3. The Morgan fingerprint density at radius 1 is 0.590 bits per heavy atom. The van der Waals surface area contributed by atoms with Crippen LogP contribution in [-0.2, 0) is 0 Å². The fourth-order valence-corrected chi connectivity index (χ4v) is 4.57. The fraction of sp³-hybridized carbons (Fsp3) is 0. The quantitative estimate of drug-likeness (QED) is 0.234. The number of amides is 2. The Morgan fingerprint density at radius 3 is 1.85 bits per heavy atom. The lowest BCUT2D eigenvalue weighted by atomic mass is 9.99. The Labute approximate surface area is 222 Å². The van der Waals surface area contributed by atoms with Gasteiger partial charge in [-0.2, -0.15) is 0 Å². The lowest BCUT2D eigenvalue weighted by Gasteiger charge is -2.14. The number of ketones is 1. The van der Waals surface area contributed by atoms with Gasteiger partial charge in [0.25, 0.3) is 11.8 Å². The molecular formula is C32H18NO6-. The maximum atomic E-state index is 13.3. The van der Waals surface area contributed by atoms with Gasteiger partial charge < -0.3 is 14.6 Å². The van der Waals surface area contributed by atoms with Crippen molar-refractivity contribution in [3.63, 3.8) is 0 Å². The number of nitrogens with zero attached hydrogens (tertiary/aromatic N) is 1. The van der Waals surface area contributed by atoms with Crippen LogP contribution in [0.2, 0.25) is 0 Å². The number of hydrogen-bond acceptors (Lipinski definition) is 6. The monoisotopic (exact) mass is 512 g/mol. The molecule has 1 aliphatic rings. The number of benzene rings is 5. The molecule has 0 saturated carbocycles. The first-order valence-corrected chi connectivity index (χ1v) is 12.0. The Hall–Kier alpha value is -5.56. The Morgan fingerprint density at radius 2 is 1.18 bits per heavy atom. The van der Waals surface area contributed by atoms with Gasteiger partial charge in [0, 0.05) is 11.1 Å². The van der Waals surface area contributed by atoms with E-state index in [1.54, 1.807) is 42.5 Å². The molecule has 0 bridgehead atoms. The molecule has 39 heavy (non-hydrogen) atoms. The third kappa shape index (κ3) is 4.32. The van der Waals surface area contributed by atoms with Crippen molar-refractivity contribution >= 4 is 40.0 Å². The number of fused-ring (bicyclic) bond motifs is 2. The molecule has 0 saturated heterocycles. The molecule has 5 aromatic rings. The van der Waals surface area contributed by atoms with Crippen LogP contribution in [0.5, 0.6) is 11.5 Å². The third-order valence-corrected chi connectivity index (χ3v) is 6.58. The van der Waals surface area contributed by atoms with Gasteiger partial charge in [0.1, 0.15) is 11.5 Å². The summed E-state index contributed by atoms with van der Waals surface area (Å²) in [6, 6.07) is 29.8. The first kappa shape index (κ1) is 23.8. The predicted octanol–water partition coefficient (Wildman–Crippen LogP) is 5.03. The minimum Gasteiger partial charge on any atom is -0.545 e. The first-order chi connectivity index (χ1) is 18.9. The molecule has 0 spiro atoms. The summed E-state index contributed by atoms with van der Waals surface area (Å²) in [6.07, 6.45) is 0.